The summed E-state index contributed by atoms with van der Waals surface area (Å²) in [6.45, 7) is 5.29. The number of carbonyl (C=O) groups excluding carboxylic acids is 1. The summed E-state index contributed by atoms with van der Waals surface area (Å²) in [7, 11) is 0. The van der Waals surface area contributed by atoms with Gasteiger partial charge in [0.25, 0.3) is 0 Å². The minimum absolute atomic E-state index is 0.0650. The van der Waals surface area contributed by atoms with Gasteiger partial charge in [-0.25, -0.2) is 0 Å². The second-order valence-electron chi connectivity index (χ2n) is 4.55. The molecule has 0 spiro atoms. The fourth-order valence-corrected chi connectivity index (χ4v) is 1.88. The Balaban J connectivity index is 2.41. The van der Waals surface area contributed by atoms with Crippen molar-refractivity contribution in [1.29, 1.82) is 0 Å². The first-order chi connectivity index (χ1) is 7.92. The van der Waals surface area contributed by atoms with E-state index in [0.717, 1.165) is 4.90 Å². The lowest BCUT2D eigenvalue weighted by molar-refractivity contribution is -0.121. The molecule has 0 aromatic heterocycles. The van der Waals surface area contributed by atoms with Crippen molar-refractivity contribution in [3.63, 3.8) is 0 Å². The van der Waals surface area contributed by atoms with Crippen LogP contribution in [0.2, 0.25) is 0 Å². The van der Waals surface area contributed by atoms with Crippen LogP contribution in [0.3, 0.4) is 0 Å². The Bertz CT molecular complexity index is 363. The third-order valence-electron chi connectivity index (χ3n) is 2.62. The number of carbonyl (C=O) groups is 1. The van der Waals surface area contributed by atoms with Crippen LogP contribution in [-0.2, 0) is 4.79 Å². The van der Waals surface area contributed by atoms with Crippen LogP contribution in [0, 0.1) is 0 Å². The molecule has 1 rings (SSSR count). The Kier molecular flexibility index (Phi) is 5.02. The molecule has 0 aliphatic heterocycles. The van der Waals surface area contributed by atoms with Gasteiger partial charge in [-0.1, -0.05) is 18.2 Å². The Morgan fingerprint density at radius 3 is 2.53 bits per heavy atom. The Labute approximate surface area is 107 Å². The molecule has 0 aliphatic carbocycles. The minimum atomic E-state index is -0.589. The SMILES string of the molecule is CC(O)C(C)(C)NC(=O)CSc1ccccc1. The summed E-state index contributed by atoms with van der Waals surface area (Å²) in [5.41, 5.74) is -0.589. The Morgan fingerprint density at radius 1 is 1.41 bits per heavy atom. The molecule has 1 aromatic carbocycles. The number of aliphatic hydroxyl groups is 1. The summed E-state index contributed by atoms with van der Waals surface area (Å²) in [6.07, 6.45) is -0.576. The Morgan fingerprint density at radius 2 is 2.00 bits per heavy atom. The maximum atomic E-state index is 11.7. The second kappa shape index (κ2) is 6.07. The zero-order valence-electron chi connectivity index (χ0n) is 10.4. The average Bonchev–Trinajstić information content (AvgIpc) is 2.27. The lowest BCUT2D eigenvalue weighted by Crippen LogP contribution is -2.51. The smallest absolute Gasteiger partial charge is 0.230 e. The van der Waals surface area contributed by atoms with Crippen molar-refractivity contribution in [2.45, 2.75) is 37.3 Å². The highest BCUT2D eigenvalue weighted by molar-refractivity contribution is 8.00. The predicted octanol–water partition coefficient (Wildman–Crippen LogP) is 2.05. The van der Waals surface area contributed by atoms with Crippen LogP contribution in [0.15, 0.2) is 35.2 Å². The molecule has 17 heavy (non-hydrogen) atoms. The summed E-state index contributed by atoms with van der Waals surface area (Å²) < 4.78 is 0. The molecule has 3 nitrogen and oxygen atoms in total. The second-order valence-corrected chi connectivity index (χ2v) is 5.60. The monoisotopic (exact) mass is 253 g/mol. The van der Waals surface area contributed by atoms with Crippen molar-refractivity contribution >= 4 is 17.7 Å². The zero-order valence-corrected chi connectivity index (χ0v) is 11.3. The van der Waals surface area contributed by atoms with Crippen LogP contribution in [0.5, 0.6) is 0 Å². The molecular weight excluding hydrogens is 234 g/mol. The molecule has 0 heterocycles. The van der Waals surface area contributed by atoms with Gasteiger partial charge in [-0.2, -0.15) is 0 Å². The van der Waals surface area contributed by atoms with Crippen LogP contribution >= 0.6 is 11.8 Å². The number of hydrogen-bond donors (Lipinski definition) is 2. The van der Waals surface area contributed by atoms with Crippen LogP contribution < -0.4 is 5.32 Å². The van der Waals surface area contributed by atoms with E-state index in [-0.39, 0.29) is 5.91 Å². The van der Waals surface area contributed by atoms with Crippen molar-refractivity contribution in [3.05, 3.63) is 30.3 Å². The molecule has 0 saturated heterocycles. The van der Waals surface area contributed by atoms with E-state index in [0.29, 0.717) is 5.75 Å². The number of benzene rings is 1. The van der Waals surface area contributed by atoms with E-state index in [1.807, 2.05) is 44.2 Å². The highest BCUT2D eigenvalue weighted by Crippen LogP contribution is 2.17. The third-order valence-corrected chi connectivity index (χ3v) is 3.63. The van der Waals surface area contributed by atoms with E-state index >= 15 is 0 Å². The van der Waals surface area contributed by atoms with Crippen molar-refractivity contribution in [2.75, 3.05) is 5.75 Å². The van der Waals surface area contributed by atoms with Crippen LogP contribution in [-0.4, -0.2) is 28.4 Å². The largest absolute Gasteiger partial charge is 0.391 e. The molecule has 4 heteroatoms. The van der Waals surface area contributed by atoms with Crippen molar-refractivity contribution in [2.24, 2.45) is 0 Å². The maximum Gasteiger partial charge on any atom is 0.230 e. The van der Waals surface area contributed by atoms with Gasteiger partial charge in [-0.15, -0.1) is 11.8 Å². The van der Waals surface area contributed by atoms with Gasteiger partial charge >= 0.3 is 0 Å². The molecule has 1 atom stereocenters. The van der Waals surface area contributed by atoms with Crippen LogP contribution in [0.4, 0.5) is 0 Å². The van der Waals surface area contributed by atoms with Gasteiger partial charge in [0.2, 0.25) is 5.91 Å². The lowest BCUT2D eigenvalue weighted by atomic mass is 9.99. The minimum Gasteiger partial charge on any atom is -0.391 e. The molecule has 94 valence electrons. The molecule has 1 aromatic rings. The van der Waals surface area contributed by atoms with Gasteiger partial charge in [0, 0.05) is 4.90 Å². The predicted molar refractivity (Wildman–Crippen MR) is 71.1 cm³/mol. The van der Waals surface area contributed by atoms with Crippen LogP contribution in [0.1, 0.15) is 20.8 Å². The summed E-state index contributed by atoms with van der Waals surface area (Å²) in [4.78, 5) is 12.8. The molecular formula is C13H19NO2S. The zero-order chi connectivity index (χ0) is 12.9. The van der Waals surface area contributed by atoms with Gasteiger partial charge in [-0.05, 0) is 32.9 Å². The van der Waals surface area contributed by atoms with E-state index in [2.05, 4.69) is 5.32 Å². The highest BCUT2D eigenvalue weighted by Gasteiger charge is 2.25. The molecule has 2 N–H and O–H groups in total. The van der Waals surface area contributed by atoms with Gasteiger partial charge in [-0.3, -0.25) is 4.79 Å². The summed E-state index contributed by atoms with van der Waals surface area (Å²) in [6, 6.07) is 9.77. The summed E-state index contributed by atoms with van der Waals surface area (Å²) >= 11 is 1.49. The normalized spacial score (nSPS) is 13.2. The van der Waals surface area contributed by atoms with Gasteiger partial charge in [0.1, 0.15) is 0 Å². The van der Waals surface area contributed by atoms with Gasteiger partial charge in [0.05, 0.1) is 17.4 Å². The van der Waals surface area contributed by atoms with E-state index in [9.17, 15) is 9.90 Å². The number of amides is 1. The molecule has 1 unspecified atom stereocenters. The number of rotatable bonds is 5. The topological polar surface area (TPSA) is 49.3 Å². The van der Waals surface area contributed by atoms with Gasteiger partial charge in [0.15, 0.2) is 0 Å². The Hall–Kier alpha value is -1.00. The van der Waals surface area contributed by atoms with E-state index in [1.54, 1.807) is 6.92 Å². The van der Waals surface area contributed by atoms with Crippen molar-refractivity contribution in [1.82, 2.24) is 5.32 Å². The van der Waals surface area contributed by atoms with E-state index in [4.69, 9.17) is 0 Å². The lowest BCUT2D eigenvalue weighted by Gasteiger charge is -2.29. The number of nitrogens with one attached hydrogen (secondary N) is 1. The quantitative estimate of drug-likeness (QED) is 0.790. The molecule has 0 saturated carbocycles. The molecule has 0 bridgehead atoms. The van der Waals surface area contributed by atoms with E-state index < -0.39 is 11.6 Å². The third kappa shape index (κ3) is 4.79. The number of aliphatic hydroxyl groups excluding tert-OH is 1. The summed E-state index contributed by atoms with van der Waals surface area (Å²) in [5, 5.41) is 12.3. The van der Waals surface area contributed by atoms with Gasteiger partial charge < -0.3 is 10.4 Å². The van der Waals surface area contributed by atoms with Crippen molar-refractivity contribution in [3.8, 4) is 0 Å². The molecule has 0 fully saturated rings. The van der Waals surface area contributed by atoms with E-state index in [1.165, 1.54) is 11.8 Å². The summed E-state index contributed by atoms with van der Waals surface area (Å²) in [5.74, 6) is 0.296. The fourth-order valence-electron chi connectivity index (χ4n) is 1.17. The molecule has 0 aliphatic rings. The first kappa shape index (κ1) is 14.1. The number of hydrogen-bond acceptors (Lipinski definition) is 3. The molecule has 1 amide bonds. The maximum absolute atomic E-state index is 11.7. The van der Waals surface area contributed by atoms with Crippen LogP contribution in [0.25, 0.3) is 0 Å². The number of thioether (sulfide) groups is 1. The fraction of sp³-hybridized carbons (Fsp3) is 0.462. The first-order valence-corrected chi connectivity index (χ1v) is 6.57. The van der Waals surface area contributed by atoms with Crippen molar-refractivity contribution < 1.29 is 9.90 Å². The molecule has 0 radical (unpaired) electrons. The standard InChI is InChI=1S/C13H19NO2S/c1-10(15)13(2,3)14-12(16)9-17-11-7-5-4-6-8-11/h4-8,10,15H,9H2,1-3H3,(H,14,16). The average molecular weight is 253 g/mol. The highest BCUT2D eigenvalue weighted by atomic mass is 32.2. The first-order valence-electron chi connectivity index (χ1n) is 5.59.